The van der Waals surface area contributed by atoms with Gasteiger partial charge in [0, 0.05) is 11.4 Å². The van der Waals surface area contributed by atoms with E-state index < -0.39 is 5.97 Å². The molecular formula is C12H15NO3S. The summed E-state index contributed by atoms with van der Waals surface area (Å²) in [6, 6.07) is 6.50. The van der Waals surface area contributed by atoms with Crippen molar-refractivity contribution in [1.82, 2.24) is 5.32 Å². The Labute approximate surface area is 104 Å². The third-order valence-electron chi connectivity index (χ3n) is 2.13. The molecule has 1 rings (SSSR count). The monoisotopic (exact) mass is 253 g/mol. The lowest BCUT2D eigenvalue weighted by Gasteiger charge is -2.10. The molecule has 0 saturated carbocycles. The van der Waals surface area contributed by atoms with E-state index >= 15 is 0 Å². The number of carbonyl (C=O) groups excluding carboxylic acids is 1. The van der Waals surface area contributed by atoms with Gasteiger partial charge in [0.05, 0.1) is 10.8 Å². The fraction of sp³-hybridized carbons (Fsp3) is 0.333. The minimum atomic E-state index is -0.946. The molecule has 1 amide bonds. The Morgan fingerprint density at radius 2 is 1.94 bits per heavy atom. The fourth-order valence-electron chi connectivity index (χ4n) is 1.25. The van der Waals surface area contributed by atoms with Gasteiger partial charge in [-0.3, -0.25) is 4.79 Å². The standard InChI is InChI=1S/C12H15NO3S/c1-3-13-11(14)8(2)17-10-6-4-9(5-7-10)12(15)16/h4-8H,3H2,1-2H3,(H,13,14)(H,15,16). The van der Waals surface area contributed by atoms with Crippen molar-refractivity contribution in [2.45, 2.75) is 24.0 Å². The molecule has 0 heterocycles. The summed E-state index contributed by atoms with van der Waals surface area (Å²) in [6.45, 7) is 4.30. The number of carboxylic acid groups (broad SMARTS) is 1. The first-order valence-corrected chi connectivity index (χ1v) is 6.20. The highest BCUT2D eigenvalue weighted by Crippen LogP contribution is 2.23. The number of hydrogen-bond donors (Lipinski definition) is 2. The summed E-state index contributed by atoms with van der Waals surface area (Å²) in [5, 5.41) is 11.3. The molecule has 1 atom stereocenters. The number of rotatable bonds is 5. The van der Waals surface area contributed by atoms with Crippen LogP contribution in [0.25, 0.3) is 0 Å². The normalized spacial score (nSPS) is 11.9. The van der Waals surface area contributed by atoms with Crippen LogP contribution < -0.4 is 5.32 Å². The lowest BCUT2D eigenvalue weighted by Crippen LogP contribution is -2.30. The fourth-order valence-corrected chi connectivity index (χ4v) is 2.14. The maximum Gasteiger partial charge on any atom is 0.335 e. The van der Waals surface area contributed by atoms with Gasteiger partial charge in [0.15, 0.2) is 0 Å². The number of hydrogen-bond acceptors (Lipinski definition) is 3. The second-order valence-corrected chi connectivity index (χ2v) is 4.90. The first-order valence-electron chi connectivity index (χ1n) is 5.32. The van der Waals surface area contributed by atoms with Crippen molar-refractivity contribution >= 4 is 23.6 Å². The summed E-state index contributed by atoms with van der Waals surface area (Å²) in [4.78, 5) is 23.0. The average Bonchev–Trinajstić information content (AvgIpc) is 2.30. The topological polar surface area (TPSA) is 66.4 Å². The van der Waals surface area contributed by atoms with Gasteiger partial charge < -0.3 is 10.4 Å². The van der Waals surface area contributed by atoms with Gasteiger partial charge in [0.25, 0.3) is 0 Å². The number of nitrogens with one attached hydrogen (secondary N) is 1. The molecule has 0 aliphatic rings. The molecule has 0 bridgehead atoms. The molecule has 0 saturated heterocycles. The second-order valence-electron chi connectivity index (χ2n) is 3.48. The zero-order valence-corrected chi connectivity index (χ0v) is 10.6. The maximum absolute atomic E-state index is 11.5. The van der Waals surface area contributed by atoms with Crippen LogP contribution in [0, 0.1) is 0 Å². The molecule has 5 heteroatoms. The predicted octanol–water partition coefficient (Wildman–Crippen LogP) is 2.00. The summed E-state index contributed by atoms with van der Waals surface area (Å²) in [5.74, 6) is -0.960. The van der Waals surface area contributed by atoms with Gasteiger partial charge in [-0.1, -0.05) is 0 Å². The lowest BCUT2D eigenvalue weighted by atomic mass is 10.2. The van der Waals surface area contributed by atoms with E-state index in [9.17, 15) is 9.59 Å². The van der Waals surface area contributed by atoms with Crippen LogP contribution in [-0.4, -0.2) is 28.8 Å². The molecule has 0 aromatic heterocycles. The van der Waals surface area contributed by atoms with Gasteiger partial charge >= 0.3 is 5.97 Å². The molecule has 0 spiro atoms. The van der Waals surface area contributed by atoms with Crippen LogP contribution in [-0.2, 0) is 4.79 Å². The number of carboxylic acids is 1. The number of aromatic carboxylic acids is 1. The van der Waals surface area contributed by atoms with Gasteiger partial charge in [-0.05, 0) is 38.1 Å². The molecular weight excluding hydrogens is 238 g/mol. The van der Waals surface area contributed by atoms with Crippen LogP contribution in [0.1, 0.15) is 24.2 Å². The largest absolute Gasteiger partial charge is 0.478 e. The van der Waals surface area contributed by atoms with Crippen molar-refractivity contribution in [2.75, 3.05) is 6.54 Å². The van der Waals surface area contributed by atoms with Crippen molar-refractivity contribution in [3.05, 3.63) is 29.8 Å². The summed E-state index contributed by atoms with van der Waals surface area (Å²) in [7, 11) is 0. The Kier molecular flexibility index (Phi) is 5.03. The van der Waals surface area contributed by atoms with Crippen LogP contribution >= 0.6 is 11.8 Å². The van der Waals surface area contributed by atoms with E-state index in [0.717, 1.165) is 4.90 Å². The zero-order chi connectivity index (χ0) is 12.8. The van der Waals surface area contributed by atoms with Crippen LogP contribution in [0.2, 0.25) is 0 Å². The van der Waals surface area contributed by atoms with E-state index in [1.807, 2.05) is 13.8 Å². The van der Waals surface area contributed by atoms with Crippen molar-refractivity contribution in [2.24, 2.45) is 0 Å². The van der Waals surface area contributed by atoms with Crippen LogP contribution in [0.4, 0.5) is 0 Å². The first-order chi connectivity index (χ1) is 8.04. The molecule has 2 N–H and O–H groups in total. The molecule has 0 radical (unpaired) electrons. The molecule has 1 aromatic rings. The van der Waals surface area contributed by atoms with Crippen LogP contribution in [0.15, 0.2) is 29.2 Å². The van der Waals surface area contributed by atoms with Crippen molar-refractivity contribution in [1.29, 1.82) is 0 Å². The van der Waals surface area contributed by atoms with E-state index in [1.54, 1.807) is 12.1 Å². The molecule has 92 valence electrons. The van der Waals surface area contributed by atoms with E-state index in [1.165, 1.54) is 23.9 Å². The Hall–Kier alpha value is -1.49. The van der Waals surface area contributed by atoms with E-state index in [-0.39, 0.29) is 16.7 Å². The van der Waals surface area contributed by atoms with Gasteiger partial charge in [-0.25, -0.2) is 4.79 Å². The Bertz CT molecular complexity index is 403. The van der Waals surface area contributed by atoms with Crippen molar-refractivity contribution in [3.63, 3.8) is 0 Å². The van der Waals surface area contributed by atoms with Crippen molar-refractivity contribution < 1.29 is 14.7 Å². The number of carbonyl (C=O) groups is 2. The lowest BCUT2D eigenvalue weighted by molar-refractivity contribution is -0.120. The quantitative estimate of drug-likeness (QED) is 0.788. The summed E-state index contributed by atoms with van der Waals surface area (Å²) in [5.41, 5.74) is 0.250. The second kappa shape index (κ2) is 6.30. The molecule has 4 nitrogen and oxygen atoms in total. The van der Waals surface area contributed by atoms with E-state index in [2.05, 4.69) is 5.32 Å². The Morgan fingerprint density at radius 1 is 1.35 bits per heavy atom. The minimum Gasteiger partial charge on any atom is -0.478 e. The molecule has 1 unspecified atom stereocenters. The third kappa shape index (κ3) is 4.11. The highest BCUT2D eigenvalue weighted by Gasteiger charge is 2.13. The average molecular weight is 253 g/mol. The van der Waals surface area contributed by atoms with Crippen molar-refractivity contribution in [3.8, 4) is 0 Å². The zero-order valence-electron chi connectivity index (χ0n) is 9.77. The molecule has 0 aliphatic carbocycles. The number of thioether (sulfide) groups is 1. The minimum absolute atomic E-state index is 0.0141. The third-order valence-corrected chi connectivity index (χ3v) is 3.25. The Balaban J connectivity index is 2.63. The summed E-state index contributed by atoms with van der Waals surface area (Å²) < 4.78 is 0. The smallest absolute Gasteiger partial charge is 0.335 e. The van der Waals surface area contributed by atoms with Crippen LogP contribution in [0.5, 0.6) is 0 Å². The summed E-state index contributed by atoms with van der Waals surface area (Å²) in [6.07, 6.45) is 0. The first kappa shape index (κ1) is 13.6. The molecule has 17 heavy (non-hydrogen) atoms. The van der Waals surface area contributed by atoms with Gasteiger partial charge in [-0.2, -0.15) is 0 Å². The maximum atomic E-state index is 11.5. The van der Waals surface area contributed by atoms with E-state index in [4.69, 9.17) is 5.11 Å². The van der Waals surface area contributed by atoms with Gasteiger partial charge in [0.1, 0.15) is 0 Å². The number of amides is 1. The molecule has 1 aromatic carbocycles. The predicted molar refractivity (Wildman–Crippen MR) is 67.4 cm³/mol. The van der Waals surface area contributed by atoms with Gasteiger partial charge in [0.2, 0.25) is 5.91 Å². The Morgan fingerprint density at radius 3 is 2.41 bits per heavy atom. The number of benzene rings is 1. The van der Waals surface area contributed by atoms with Gasteiger partial charge in [-0.15, -0.1) is 11.8 Å². The van der Waals surface area contributed by atoms with Crippen LogP contribution in [0.3, 0.4) is 0 Å². The molecule has 0 fully saturated rings. The highest BCUT2D eigenvalue weighted by atomic mass is 32.2. The highest BCUT2D eigenvalue weighted by molar-refractivity contribution is 8.00. The SMILES string of the molecule is CCNC(=O)C(C)Sc1ccc(C(=O)O)cc1. The molecule has 0 aliphatic heterocycles. The summed E-state index contributed by atoms with van der Waals surface area (Å²) >= 11 is 1.41. The van der Waals surface area contributed by atoms with E-state index in [0.29, 0.717) is 6.54 Å².